The summed E-state index contributed by atoms with van der Waals surface area (Å²) in [6, 6.07) is 5.46. The topological polar surface area (TPSA) is 54.0 Å². The minimum absolute atomic E-state index is 0.286. The van der Waals surface area contributed by atoms with E-state index >= 15 is 0 Å². The molecule has 1 aliphatic rings. The molecule has 0 bridgehead atoms. The molecule has 0 aromatic heterocycles. The van der Waals surface area contributed by atoms with E-state index in [1.165, 1.54) is 7.11 Å². The zero-order chi connectivity index (χ0) is 13.9. The Morgan fingerprint density at radius 3 is 2.53 bits per heavy atom. The molecular weight excluding hydrogens is 248 g/mol. The highest BCUT2D eigenvalue weighted by Gasteiger charge is 2.49. The van der Waals surface area contributed by atoms with Crippen molar-refractivity contribution in [3.05, 3.63) is 23.8 Å². The van der Waals surface area contributed by atoms with E-state index in [4.69, 9.17) is 18.9 Å². The van der Waals surface area contributed by atoms with Gasteiger partial charge in [0.25, 0.3) is 0 Å². The molecule has 0 spiro atoms. The molecule has 0 unspecified atom stereocenters. The fourth-order valence-corrected chi connectivity index (χ4v) is 2.15. The van der Waals surface area contributed by atoms with Crippen LogP contribution in [-0.4, -0.2) is 40.0 Å². The maximum atomic E-state index is 12.0. The van der Waals surface area contributed by atoms with Crippen LogP contribution in [0.2, 0.25) is 0 Å². The molecule has 0 radical (unpaired) electrons. The van der Waals surface area contributed by atoms with Crippen molar-refractivity contribution in [1.82, 2.24) is 0 Å². The number of benzene rings is 1. The molecule has 1 aliphatic heterocycles. The fourth-order valence-electron chi connectivity index (χ4n) is 2.15. The van der Waals surface area contributed by atoms with Gasteiger partial charge in [0.15, 0.2) is 11.5 Å². The summed E-state index contributed by atoms with van der Waals surface area (Å²) >= 11 is 0. The minimum Gasteiger partial charge on any atom is -0.493 e. The molecule has 0 saturated carbocycles. The summed E-state index contributed by atoms with van der Waals surface area (Å²) in [5, 5.41) is 0. The van der Waals surface area contributed by atoms with Gasteiger partial charge in [0.05, 0.1) is 34.0 Å². The summed E-state index contributed by atoms with van der Waals surface area (Å²) in [4.78, 5) is 12.0. The Balaban J connectivity index is 2.39. The Bertz CT molecular complexity index is 465. The van der Waals surface area contributed by atoms with Crippen LogP contribution in [0.4, 0.5) is 0 Å². The number of hydrogen-bond donors (Lipinski definition) is 0. The number of methoxy groups -OCH3 is 2. The summed E-state index contributed by atoms with van der Waals surface area (Å²) in [5.74, 6) is 0.981. The first-order chi connectivity index (χ1) is 9.17. The molecule has 5 nitrogen and oxygen atoms in total. The van der Waals surface area contributed by atoms with Crippen molar-refractivity contribution in [2.75, 3.05) is 34.0 Å². The van der Waals surface area contributed by atoms with E-state index in [9.17, 15) is 4.79 Å². The summed E-state index contributed by atoms with van der Waals surface area (Å²) in [6.45, 7) is 3.09. The lowest BCUT2D eigenvalue weighted by molar-refractivity contribution is -0.166. The summed E-state index contributed by atoms with van der Waals surface area (Å²) in [5.41, 5.74) is 0.113. The lowest BCUT2D eigenvalue weighted by Gasteiger charge is -2.39. The molecule has 19 heavy (non-hydrogen) atoms. The van der Waals surface area contributed by atoms with E-state index in [1.807, 2.05) is 19.1 Å². The number of carbonyl (C=O) groups is 1. The van der Waals surface area contributed by atoms with E-state index in [-0.39, 0.29) is 5.97 Å². The summed E-state index contributed by atoms with van der Waals surface area (Å²) in [6.07, 6.45) is 0. The second-order valence-corrected chi connectivity index (χ2v) is 4.37. The van der Waals surface area contributed by atoms with Gasteiger partial charge in [0.1, 0.15) is 5.41 Å². The first-order valence-electron chi connectivity index (χ1n) is 6.15. The first kappa shape index (κ1) is 13.7. The van der Waals surface area contributed by atoms with Gasteiger partial charge in [-0.3, -0.25) is 4.79 Å². The monoisotopic (exact) mass is 266 g/mol. The second-order valence-electron chi connectivity index (χ2n) is 4.37. The highest BCUT2D eigenvalue weighted by molar-refractivity contribution is 5.85. The lowest BCUT2D eigenvalue weighted by atomic mass is 9.78. The van der Waals surface area contributed by atoms with Gasteiger partial charge in [-0.25, -0.2) is 0 Å². The van der Waals surface area contributed by atoms with Crippen molar-refractivity contribution in [2.45, 2.75) is 12.3 Å². The largest absolute Gasteiger partial charge is 0.493 e. The van der Waals surface area contributed by atoms with Gasteiger partial charge in [-0.15, -0.1) is 0 Å². The van der Waals surface area contributed by atoms with Crippen LogP contribution in [-0.2, 0) is 19.7 Å². The first-order valence-corrected chi connectivity index (χ1v) is 6.15. The highest BCUT2D eigenvalue weighted by Crippen LogP contribution is 2.38. The quantitative estimate of drug-likeness (QED) is 0.757. The highest BCUT2D eigenvalue weighted by atomic mass is 16.5. The molecule has 1 aromatic rings. The second kappa shape index (κ2) is 5.48. The lowest BCUT2D eigenvalue weighted by Crippen LogP contribution is -2.53. The number of rotatable bonds is 5. The predicted octanol–water partition coefficient (Wildman–Crippen LogP) is 1.53. The average molecular weight is 266 g/mol. The molecule has 104 valence electrons. The number of carbonyl (C=O) groups excluding carboxylic acids is 1. The summed E-state index contributed by atoms with van der Waals surface area (Å²) < 4.78 is 20.8. The van der Waals surface area contributed by atoms with Gasteiger partial charge in [-0.2, -0.15) is 0 Å². The van der Waals surface area contributed by atoms with Crippen LogP contribution in [0.5, 0.6) is 11.5 Å². The molecule has 0 atom stereocenters. The van der Waals surface area contributed by atoms with Gasteiger partial charge in [-0.1, -0.05) is 6.07 Å². The van der Waals surface area contributed by atoms with Crippen LogP contribution in [0.15, 0.2) is 18.2 Å². The molecule has 0 N–H and O–H groups in total. The molecule has 1 heterocycles. The van der Waals surface area contributed by atoms with Crippen LogP contribution in [0.3, 0.4) is 0 Å². The van der Waals surface area contributed by atoms with Crippen LogP contribution in [0.1, 0.15) is 12.5 Å². The van der Waals surface area contributed by atoms with Gasteiger partial charge in [-0.05, 0) is 24.6 Å². The third-order valence-corrected chi connectivity index (χ3v) is 3.29. The predicted molar refractivity (Wildman–Crippen MR) is 68.7 cm³/mol. The van der Waals surface area contributed by atoms with Crippen molar-refractivity contribution in [3.63, 3.8) is 0 Å². The standard InChI is InChI=1S/C14H18O5/c1-4-19-12-7-10(5-6-11(12)16-2)14(8-18-9-14)13(15)17-3/h5-7H,4,8-9H2,1-3H3. The number of ether oxygens (including phenoxy) is 4. The maximum Gasteiger partial charge on any atom is 0.321 e. The molecule has 1 aromatic carbocycles. The van der Waals surface area contributed by atoms with Crippen molar-refractivity contribution in [3.8, 4) is 11.5 Å². The van der Waals surface area contributed by atoms with E-state index < -0.39 is 5.41 Å². The van der Waals surface area contributed by atoms with E-state index in [1.54, 1.807) is 13.2 Å². The SMILES string of the molecule is CCOc1cc(C2(C(=O)OC)COC2)ccc1OC. The van der Waals surface area contributed by atoms with Crippen LogP contribution in [0, 0.1) is 0 Å². The van der Waals surface area contributed by atoms with Crippen molar-refractivity contribution >= 4 is 5.97 Å². The molecule has 1 saturated heterocycles. The Kier molecular flexibility index (Phi) is 3.95. The van der Waals surface area contributed by atoms with Gasteiger partial charge in [0, 0.05) is 0 Å². The van der Waals surface area contributed by atoms with Crippen LogP contribution in [0.25, 0.3) is 0 Å². The Hall–Kier alpha value is -1.75. The smallest absolute Gasteiger partial charge is 0.321 e. The molecule has 5 heteroatoms. The summed E-state index contributed by atoms with van der Waals surface area (Å²) in [7, 11) is 2.97. The zero-order valence-electron chi connectivity index (χ0n) is 11.4. The van der Waals surface area contributed by atoms with Crippen molar-refractivity contribution in [1.29, 1.82) is 0 Å². The minimum atomic E-state index is -0.715. The number of hydrogen-bond acceptors (Lipinski definition) is 5. The van der Waals surface area contributed by atoms with E-state index in [0.717, 1.165) is 5.56 Å². The molecule has 1 fully saturated rings. The Morgan fingerprint density at radius 1 is 1.32 bits per heavy atom. The van der Waals surface area contributed by atoms with Crippen LogP contribution < -0.4 is 9.47 Å². The Morgan fingerprint density at radius 2 is 2.05 bits per heavy atom. The van der Waals surface area contributed by atoms with Crippen molar-refractivity contribution in [2.24, 2.45) is 0 Å². The zero-order valence-corrected chi connectivity index (χ0v) is 11.4. The van der Waals surface area contributed by atoms with E-state index in [0.29, 0.717) is 31.3 Å². The van der Waals surface area contributed by atoms with E-state index in [2.05, 4.69) is 0 Å². The van der Waals surface area contributed by atoms with Crippen LogP contribution >= 0.6 is 0 Å². The van der Waals surface area contributed by atoms with Gasteiger partial charge in [0.2, 0.25) is 0 Å². The Labute approximate surface area is 112 Å². The molecule has 2 rings (SSSR count). The number of esters is 1. The third kappa shape index (κ3) is 2.26. The van der Waals surface area contributed by atoms with Crippen molar-refractivity contribution < 1.29 is 23.7 Å². The maximum absolute atomic E-state index is 12.0. The fraction of sp³-hybridized carbons (Fsp3) is 0.500. The third-order valence-electron chi connectivity index (χ3n) is 3.29. The van der Waals surface area contributed by atoms with Gasteiger partial charge < -0.3 is 18.9 Å². The average Bonchev–Trinajstić information content (AvgIpc) is 2.38. The van der Waals surface area contributed by atoms with Gasteiger partial charge >= 0.3 is 5.97 Å². The molecule has 0 aliphatic carbocycles. The molecular formula is C14H18O5. The molecule has 0 amide bonds. The normalized spacial score (nSPS) is 16.4.